The van der Waals surface area contributed by atoms with E-state index in [4.69, 9.17) is 0 Å². The number of nitrogens with zero attached hydrogens (tertiary/aromatic N) is 3. The molecule has 0 saturated carbocycles. The Kier molecular flexibility index (Phi) is 3.89. The molecule has 1 aromatic carbocycles. The van der Waals surface area contributed by atoms with Gasteiger partial charge in [0.15, 0.2) is 0 Å². The van der Waals surface area contributed by atoms with Gasteiger partial charge < -0.3 is 15.2 Å². The fourth-order valence-corrected chi connectivity index (χ4v) is 2.81. The molecule has 0 aliphatic rings. The van der Waals surface area contributed by atoms with Gasteiger partial charge in [-0.05, 0) is 18.2 Å². The number of benzene rings is 1. The number of pyridine rings is 1. The summed E-state index contributed by atoms with van der Waals surface area (Å²) in [7, 11) is 3.47. The van der Waals surface area contributed by atoms with E-state index in [1.165, 1.54) is 0 Å². The van der Waals surface area contributed by atoms with Crippen LogP contribution in [0.4, 0.5) is 11.5 Å². The standard InChI is InChI=1S/C19H18N6O/c1-25(2)19(26)14-5-3-4-6-15(14)24-18-8-17-12(9-20-18)7-16(23-17)13-10-21-22-11-13/h3-11,23H,1-2H3,(H,20,24)(H,21,22). The van der Waals surface area contributed by atoms with E-state index in [1.54, 1.807) is 37.5 Å². The molecule has 7 heteroatoms. The van der Waals surface area contributed by atoms with Crippen molar-refractivity contribution in [2.45, 2.75) is 0 Å². The number of hydrogen-bond acceptors (Lipinski definition) is 4. The number of H-pyrrole nitrogens is 2. The molecule has 3 N–H and O–H groups in total. The monoisotopic (exact) mass is 346 g/mol. The van der Waals surface area contributed by atoms with Crippen molar-refractivity contribution < 1.29 is 4.79 Å². The van der Waals surface area contributed by atoms with Gasteiger partial charge in [-0.25, -0.2) is 4.98 Å². The molecule has 0 radical (unpaired) electrons. The van der Waals surface area contributed by atoms with Crippen LogP contribution in [0.25, 0.3) is 22.2 Å². The summed E-state index contributed by atoms with van der Waals surface area (Å²) < 4.78 is 0. The molecule has 0 saturated heterocycles. The lowest BCUT2D eigenvalue weighted by atomic mass is 10.1. The van der Waals surface area contributed by atoms with Crippen LogP contribution in [0.3, 0.4) is 0 Å². The predicted molar refractivity (Wildman–Crippen MR) is 101 cm³/mol. The number of anilines is 2. The second-order valence-electron chi connectivity index (χ2n) is 6.20. The molecule has 3 aromatic heterocycles. The van der Waals surface area contributed by atoms with Crippen LogP contribution in [0.15, 0.2) is 55.0 Å². The molecule has 4 rings (SSSR count). The van der Waals surface area contributed by atoms with Gasteiger partial charge >= 0.3 is 0 Å². The molecule has 0 spiro atoms. The van der Waals surface area contributed by atoms with E-state index in [9.17, 15) is 4.79 Å². The molecule has 130 valence electrons. The molecule has 7 nitrogen and oxygen atoms in total. The Morgan fingerprint density at radius 2 is 2.00 bits per heavy atom. The quantitative estimate of drug-likeness (QED) is 0.528. The lowest BCUT2D eigenvalue weighted by Crippen LogP contribution is -2.22. The number of fused-ring (bicyclic) bond motifs is 1. The van der Waals surface area contributed by atoms with E-state index in [0.29, 0.717) is 11.4 Å². The average molecular weight is 346 g/mol. The number of para-hydroxylation sites is 1. The number of carbonyl (C=O) groups excluding carboxylic acids is 1. The summed E-state index contributed by atoms with van der Waals surface area (Å²) in [6, 6.07) is 11.4. The third kappa shape index (κ3) is 2.90. The maximum Gasteiger partial charge on any atom is 0.255 e. The maximum atomic E-state index is 12.4. The Labute approximate surface area is 150 Å². The summed E-state index contributed by atoms with van der Waals surface area (Å²) in [5, 5.41) is 11.0. The van der Waals surface area contributed by atoms with E-state index in [2.05, 4.69) is 25.5 Å². The van der Waals surface area contributed by atoms with Gasteiger partial charge in [-0.3, -0.25) is 9.89 Å². The minimum absolute atomic E-state index is 0.0590. The van der Waals surface area contributed by atoms with Crippen LogP contribution in [0.1, 0.15) is 10.4 Å². The van der Waals surface area contributed by atoms with Gasteiger partial charge in [0.25, 0.3) is 5.91 Å². The summed E-state index contributed by atoms with van der Waals surface area (Å²) in [6.07, 6.45) is 5.40. The predicted octanol–water partition coefficient (Wildman–Crippen LogP) is 3.40. The smallest absolute Gasteiger partial charge is 0.255 e. The third-order valence-electron chi connectivity index (χ3n) is 4.14. The normalized spacial score (nSPS) is 10.8. The van der Waals surface area contributed by atoms with E-state index in [0.717, 1.165) is 27.8 Å². The molecule has 3 heterocycles. The molecule has 0 atom stereocenters. The van der Waals surface area contributed by atoms with E-state index in [-0.39, 0.29) is 5.91 Å². The van der Waals surface area contributed by atoms with Gasteiger partial charge in [0, 0.05) is 49.2 Å². The molecule has 0 fully saturated rings. The van der Waals surface area contributed by atoms with Crippen LogP contribution >= 0.6 is 0 Å². The van der Waals surface area contributed by atoms with Gasteiger partial charge in [-0.15, -0.1) is 0 Å². The minimum atomic E-state index is -0.0590. The fraction of sp³-hybridized carbons (Fsp3) is 0.105. The largest absolute Gasteiger partial charge is 0.354 e. The van der Waals surface area contributed by atoms with Gasteiger partial charge in [-0.1, -0.05) is 12.1 Å². The average Bonchev–Trinajstić information content (AvgIpc) is 3.30. The fourth-order valence-electron chi connectivity index (χ4n) is 2.81. The zero-order valence-corrected chi connectivity index (χ0v) is 14.4. The Hall–Kier alpha value is -3.61. The Bertz CT molecular complexity index is 1060. The summed E-state index contributed by atoms with van der Waals surface area (Å²) in [6.45, 7) is 0. The van der Waals surface area contributed by atoms with Crippen molar-refractivity contribution in [3.05, 3.63) is 60.6 Å². The highest BCUT2D eigenvalue weighted by Gasteiger charge is 2.13. The van der Waals surface area contributed by atoms with Crippen LogP contribution in [0, 0.1) is 0 Å². The first-order valence-corrected chi connectivity index (χ1v) is 8.17. The molecule has 0 unspecified atom stereocenters. The highest BCUT2D eigenvalue weighted by Crippen LogP contribution is 2.26. The summed E-state index contributed by atoms with van der Waals surface area (Å²) in [5.74, 6) is 0.605. The van der Waals surface area contributed by atoms with Crippen molar-refractivity contribution >= 4 is 28.3 Å². The van der Waals surface area contributed by atoms with Crippen LogP contribution < -0.4 is 5.32 Å². The third-order valence-corrected chi connectivity index (χ3v) is 4.14. The van der Waals surface area contributed by atoms with Crippen LogP contribution in [-0.2, 0) is 0 Å². The van der Waals surface area contributed by atoms with Crippen molar-refractivity contribution in [1.82, 2.24) is 25.1 Å². The van der Waals surface area contributed by atoms with Gasteiger partial charge in [0.2, 0.25) is 0 Å². The number of rotatable bonds is 4. The number of carbonyl (C=O) groups is 1. The number of aromatic nitrogens is 4. The molecule has 4 aromatic rings. The zero-order chi connectivity index (χ0) is 18.1. The Balaban J connectivity index is 1.67. The van der Waals surface area contributed by atoms with Crippen molar-refractivity contribution in [1.29, 1.82) is 0 Å². The van der Waals surface area contributed by atoms with Crippen LogP contribution in [0.2, 0.25) is 0 Å². The summed E-state index contributed by atoms with van der Waals surface area (Å²) in [4.78, 5) is 21.7. The second kappa shape index (κ2) is 6.36. The first kappa shape index (κ1) is 15.9. The van der Waals surface area contributed by atoms with E-state index < -0.39 is 0 Å². The summed E-state index contributed by atoms with van der Waals surface area (Å²) >= 11 is 0. The molecule has 26 heavy (non-hydrogen) atoms. The SMILES string of the molecule is CN(C)C(=O)c1ccccc1Nc1cc2[nH]c(-c3cn[nH]c3)cc2cn1. The number of aromatic amines is 2. The first-order valence-electron chi connectivity index (χ1n) is 8.17. The van der Waals surface area contributed by atoms with E-state index >= 15 is 0 Å². The highest BCUT2D eigenvalue weighted by atomic mass is 16.2. The number of nitrogens with one attached hydrogen (secondary N) is 3. The zero-order valence-electron chi connectivity index (χ0n) is 14.4. The van der Waals surface area contributed by atoms with Gasteiger partial charge in [0.1, 0.15) is 5.82 Å². The summed E-state index contributed by atoms with van der Waals surface area (Å²) in [5.41, 5.74) is 4.23. The molecular weight excluding hydrogens is 328 g/mol. The van der Waals surface area contributed by atoms with Gasteiger partial charge in [0.05, 0.1) is 23.0 Å². The van der Waals surface area contributed by atoms with Crippen molar-refractivity contribution in [2.75, 3.05) is 19.4 Å². The van der Waals surface area contributed by atoms with Crippen molar-refractivity contribution in [3.63, 3.8) is 0 Å². The topological polar surface area (TPSA) is 89.7 Å². The van der Waals surface area contributed by atoms with Crippen LogP contribution in [0.5, 0.6) is 0 Å². The van der Waals surface area contributed by atoms with Crippen molar-refractivity contribution in [2.24, 2.45) is 0 Å². The molecule has 0 aliphatic carbocycles. The minimum Gasteiger partial charge on any atom is -0.354 e. The maximum absolute atomic E-state index is 12.4. The molecular formula is C19H18N6O. The Morgan fingerprint density at radius 3 is 2.77 bits per heavy atom. The second-order valence-corrected chi connectivity index (χ2v) is 6.20. The molecule has 0 bridgehead atoms. The molecule has 0 aliphatic heterocycles. The number of hydrogen-bond donors (Lipinski definition) is 3. The van der Waals surface area contributed by atoms with Gasteiger partial charge in [-0.2, -0.15) is 5.10 Å². The molecule has 1 amide bonds. The highest BCUT2D eigenvalue weighted by molar-refractivity contribution is 6.00. The lowest BCUT2D eigenvalue weighted by molar-refractivity contribution is 0.0828. The Morgan fingerprint density at radius 1 is 1.15 bits per heavy atom. The first-order chi connectivity index (χ1) is 12.6. The van der Waals surface area contributed by atoms with E-state index in [1.807, 2.05) is 36.5 Å². The van der Waals surface area contributed by atoms with Crippen LogP contribution in [-0.4, -0.2) is 45.1 Å². The lowest BCUT2D eigenvalue weighted by Gasteiger charge is -2.15. The number of amides is 1. The van der Waals surface area contributed by atoms with Crippen molar-refractivity contribution in [3.8, 4) is 11.3 Å².